The Kier molecular flexibility index (Phi) is 8.04. The molecule has 0 radical (unpaired) electrons. The van der Waals surface area contributed by atoms with Gasteiger partial charge in [0.05, 0.1) is 29.8 Å². The molecule has 34 heavy (non-hydrogen) atoms. The molecule has 0 unspecified atom stereocenters. The predicted octanol–water partition coefficient (Wildman–Crippen LogP) is 5.53. The third-order valence-corrected chi connectivity index (χ3v) is 5.88. The van der Waals surface area contributed by atoms with Crippen LogP contribution in [0.25, 0.3) is 11.0 Å². The zero-order valence-electron chi connectivity index (χ0n) is 19.2. The van der Waals surface area contributed by atoms with Crippen molar-refractivity contribution in [3.05, 3.63) is 89.2 Å². The van der Waals surface area contributed by atoms with E-state index >= 15 is 0 Å². The van der Waals surface area contributed by atoms with E-state index in [4.69, 9.17) is 26.1 Å². The molecule has 0 fully saturated rings. The number of nitrogens with one attached hydrogen (secondary N) is 1. The summed E-state index contributed by atoms with van der Waals surface area (Å²) in [5, 5.41) is 3.60. The van der Waals surface area contributed by atoms with Gasteiger partial charge in [0, 0.05) is 25.1 Å². The highest BCUT2D eigenvalue weighted by Gasteiger charge is 2.11. The van der Waals surface area contributed by atoms with Crippen LogP contribution in [0.1, 0.15) is 29.0 Å². The molecule has 4 aromatic rings. The van der Waals surface area contributed by atoms with Crippen LogP contribution in [0.5, 0.6) is 11.5 Å². The molecular weight excluding hydrogens is 450 g/mol. The van der Waals surface area contributed by atoms with Gasteiger partial charge in [-0.3, -0.25) is 4.79 Å². The van der Waals surface area contributed by atoms with Gasteiger partial charge in [0.25, 0.3) is 5.91 Å². The maximum absolute atomic E-state index is 12.4. The van der Waals surface area contributed by atoms with Gasteiger partial charge in [0.15, 0.2) is 0 Å². The van der Waals surface area contributed by atoms with Gasteiger partial charge < -0.3 is 19.4 Å². The van der Waals surface area contributed by atoms with Crippen LogP contribution < -0.4 is 14.8 Å². The van der Waals surface area contributed by atoms with E-state index in [2.05, 4.69) is 16.0 Å². The van der Waals surface area contributed by atoms with Crippen molar-refractivity contribution >= 4 is 28.5 Å². The number of hydrogen-bond donors (Lipinski definition) is 1. The molecule has 1 aromatic heterocycles. The molecule has 7 heteroatoms. The summed E-state index contributed by atoms with van der Waals surface area (Å²) in [4.78, 5) is 17.2. The van der Waals surface area contributed by atoms with Crippen molar-refractivity contribution in [1.29, 1.82) is 0 Å². The van der Waals surface area contributed by atoms with Crippen molar-refractivity contribution in [2.24, 2.45) is 0 Å². The molecule has 3 aromatic carbocycles. The Morgan fingerprint density at radius 3 is 2.56 bits per heavy atom. The number of hydrogen-bond acceptors (Lipinski definition) is 4. The number of halogens is 1. The van der Waals surface area contributed by atoms with Crippen LogP contribution in [-0.4, -0.2) is 35.7 Å². The Morgan fingerprint density at radius 1 is 1.00 bits per heavy atom. The molecule has 1 heterocycles. The maximum Gasteiger partial charge on any atom is 0.251 e. The van der Waals surface area contributed by atoms with E-state index in [1.807, 2.05) is 42.5 Å². The number of carbonyl (C=O) groups excluding carboxylic acids is 1. The fourth-order valence-electron chi connectivity index (χ4n) is 3.83. The lowest BCUT2D eigenvalue weighted by Gasteiger charge is -2.11. The van der Waals surface area contributed by atoms with Crippen LogP contribution in [0.3, 0.4) is 0 Å². The minimum absolute atomic E-state index is 0.0899. The molecule has 0 saturated heterocycles. The lowest BCUT2D eigenvalue weighted by atomic mass is 10.2. The molecular formula is C27H28ClN3O3. The Balaban J connectivity index is 1.32. The van der Waals surface area contributed by atoms with Crippen molar-refractivity contribution in [2.45, 2.75) is 25.8 Å². The number of imidazole rings is 1. The molecule has 0 spiro atoms. The summed E-state index contributed by atoms with van der Waals surface area (Å²) in [5.74, 6) is 2.35. The lowest BCUT2D eigenvalue weighted by molar-refractivity contribution is 0.0953. The Hall–Kier alpha value is -3.51. The quantitative estimate of drug-likeness (QED) is 0.288. The fraction of sp³-hybridized carbons (Fsp3) is 0.259. The predicted molar refractivity (Wildman–Crippen MR) is 135 cm³/mol. The number of aromatic nitrogens is 2. The summed E-state index contributed by atoms with van der Waals surface area (Å²) in [6, 6.07) is 22.7. The molecule has 1 N–H and O–H groups in total. The summed E-state index contributed by atoms with van der Waals surface area (Å²) >= 11 is 6.18. The molecule has 4 rings (SSSR count). The summed E-state index contributed by atoms with van der Waals surface area (Å²) in [6.45, 7) is 1.93. The van der Waals surface area contributed by atoms with E-state index in [0.29, 0.717) is 29.5 Å². The van der Waals surface area contributed by atoms with Crippen molar-refractivity contribution in [3.63, 3.8) is 0 Å². The van der Waals surface area contributed by atoms with Crippen LogP contribution in [0.2, 0.25) is 5.02 Å². The Morgan fingerprint density at radius 2 is 1.76 bits per heavy atom. The second-order valence-electron chi connectivity index (χ2n) is 7.89. The number of aryl methyl sites for hydroxylation is 2. The monoisotopic (exact) mass is 477 g/mol. The Labute approximate surface area is 204 Å². The number of ether oxygens (including phenoxy) is 2. The van der Waals surface area contributed by atoms with Gasteiger partial charge in [-0.25, -0.2) is 4.98 Å². The van der Waals surface area contributed by atoms with E-state index in [1.165, 1.54) is 0 Å². The number of rotatable bonds is 11. The largest absolute Gasteiger partial charge is 0.497 e. The van der Waals surface area contributed by atoms with E-state index < -0.39 is 0 Å². The average molecular weight is 478 g/mol. The number of benzene rings is 3. The highest BCUT2D eigenvalue weighted by Crippen LogP contribution is 2.23. The van der Waals surface area contributed by atoms with Crippen LogP contribution in [0.15, 0.2) is 72.8 Å². The molecule has 0 aliphatic heterocycles. The van der Waals surface area contributed by atoms with E-state index in [9.17, 15) is 4.79 Å². The highest BCUT2D eigenvalue weighted by atomic mass is 35.5. The lowest BCUT2D eigenvalue weighted by Crippen LogP contribution is -2.25. The summed E-state index contributed by atoms with van der Waals surface area (Å²) in [5.41, 5.74) is 2.70. The summed E-state index contributed by atoms with van der Waals surface area (Å²) < 4.78 is 13.2. The molecule has 0 saturated carbocycles. The first-order chi connectivity index (χ1) is 16.7. The third-order valence-electron chi connectivity index (χ3n) is 5.57. The molecule has 176 valence electrons. The number of methoxy groups -OCH3 is 1. The first-order valence-corrected chi connectivity index (χ1v) is 11.8. The molecule has 0 aliphatic carbocycles. The Bertz CT molecular complexity index is 1240. The normalized spacial score (nSPS) is 10.9. The number of carbonyl (C=O) groups is 1. The molecule has 0 atom stereocenters. The number of fused-ring (bicyclic) bond motifs is 1. The zero-order valence-corrected chi connectivity index (χ0v) is 19.9. The van der Waals surface area contributed by atoms with Crippen LogP contribution in [-0.2, 0) is 13.0 Å². The van der Waals surface area contributed by atoms with Crippen molar-refractivity contribution in [1.82, 2.24) is 14.9 Å². The van der Waals surface area contributed by atoms with Gasteiger partial charge >= 0.3 is 0 Å². The van der Waals surface area contributed by atoms with Crippen LogP contribution in [0.4, 0.5) is 0 Å². The second-order valence-corrected chi connectivity index (χ2v) is 8.30. The van der Waals surface area contributed by atoms with E-state index in [0.717, 1.165) is 48.4 Å². The van der Waals surface area contributed by atoms with E-state index in [-0.39, 0.29) is 5.91 Å². The van der Waals surface area contributed by atoms with Crippen LogP contribution in [0, 0.1) is 0 Å². The highest BCUT2D eigenvalue weighted by molar-refractivity contribution is 6.32. The zero-order chi connectivity index (χ0) is 23.8. The number of para-hydroxylation sites is 3. The third kappa shape index (κ3) is 5.88. The molecule has 0 bridgehead atoms. The smallest absolute Gasteiger partial charge is 0.251 e. The summed E-state index contributed by atoms with van der Waals surface area (Å²) in [7, 11) is 1.61. The van der Waals surface area contributed by atoms with Gasteiger partial charge in [-0.15, -0.1) is 0 Å². The van der Waals surface area contributed by atoms with Gasteiger partial charge in [-0.1, -0.05) is 35.9 Å². The van der Waals surface area contributed by atoms with Crippen molar-refractivity contribution in [2.75, 3.05) is 20.3 Å². The first kappa shape index (κ1) is 23.6. The van der Waals surface area contributed by atoms with Gasteiger partial charge in [-0.05, 0) is 61.4 Å². The molecule has 0 aliphatic rings. The first-order valence-electron chi connectivity index (χ1n) is 11.4. The maximum atomic E-state index is 12.4. The topological polar surface area (TPSA) is 65.4 Å². The average Bonchev–Trinajstić information content (AvgIpc) is 3.22. The van der Waals surface area contributed by atoms with Crippen LogP contribution >= 0.6 is 11.6 Å². The minimum Gasteiger partial charge on any atom is -0.497 e. The van der Waals surface area contributed by atoms with Gasteiger partial charge in [0.1, 0.15) is 17.3 Å². The number of amides is 1. The standard InChI is InChI=1S/C27H28ClN3O3/c1-33-21-15-13-20(14-16-21)27(32)29-17-6-12-26-30-23-9-3-4-10-24(23)31(26)18-7-19-34-25-11-5-2-8-22(25)28/h2-5,8-11,13-16H,6-7,12,17-19H2,1H3,(H,29,32). The SMILES string of the molecule is COc1ccc(C(=O)NCCCc2nc3ccccc3n2CCCOc2ccccc2Cl)cc1. The van der Waals surface area contributed by atoms with E-state index in [1.54, 1.807) is 31.4 Å². The second kappa shape index (κ2) is 11.6. The van der Waals surface area contributed by atoms with Gasteiger partial charge in [-0.2, -0.15) is 0 Å². The van der Waals surface area contributed by atoms with Crippen molar-refractivity contribution in [3.8, 4) is 11.5 Å². The molecule has 1 amide bonds. The molecule has 6 nitrogen and oxygen atoms in total. The fourth-order valence-corrected chi connectivity index (χ4v) is 4.02. The van der Waals surface area contributed by atoms with Crippen molar-refractivity contribution < 1.29 is 14.3 Å². The summed E-state index contributed by atoms with van der Waals surface area (Å²) in [6.07, 6.45) is 2.39. The number of nitrogens with zero attached hydrogens (tertiary/aromatic N) is 2. The van der Waals surface area contributed by atoms with Gasteiger partial charge in [0.2, 0.25) is 0 Å². The minimum atomic E-state index is -0.0899.